The molecule has 1 aromatic heterocycles. The average Bonchev–Trinajstić information content (AvgIpc) is 2.90. The highest BCUT2D eigenvalue weighted by Gasteiger charge is 2.19. The molecule has 1 aliphatic carbocycles. The summed E-state index contributed by atoms with van der Waals surface area (Å²) in [5.41, 5.74) is 0.421. The molecule has 0 bridgehead atoms. The van der Waals surface area contributed by atoms with Crippen molar-refractivity contribution in [2.24, 2.45) is 0 Å². The summed E-state index contributed by atoms with van der Waals surface area (Å²) in [4.78, 5) is 23.1. The van der Waals surface area contributed by atoms with Gasteiger partial charge in [-0.05, 0) is 19.8 Å². The second kappa shape index (κ2) is 7.24. The minimum atomic E-state index is -0.968. The van der Waals surface area contributed by atoms with E-state index >= 15 is 0 Å². The Morgan fingerprint density at radius 3 is 2.52 bits per heavy atom. The first-order valence-electron chi connectivity index (χ1n) is 7.65. The van der Waals surface area contributed by atoms with E-state index in [9.17, 15) is 9.59 Å². The molecule has 1 heterocycles. The van der Waals surface area contributed by atoms with Gasteiger partial charge in [0.15, 0.2) is 0 Å². The molecule has 1 aromatic rings. The molecule has 0 aromatic carbocycles. The lowest BCUT2D eigenvalue weighted by Crippen LogP contribution is -2.35. The van der Waals surface area contributed by atoms with Crippen LogP contribution in [0.1, 0.15) is 68.3 Å². The zero-order valence-electron chi connectivity index (χ0n) is 12.4. The van der Waals surface area contributed by atoms with Crippen molar-refractivity contribution in [3.63, 3.8) is 0 Å². The normalized spacial score (nSPS) is 18.5. The molecule has 0 saturated heterocycles. The highest BCUT2D eigenvalue weighted by Crippen LogP contribution is 2.17. The van der Waals surface area contributed by atoms with E-state index in [4.69, 9.17) is 5.11 Å². The molecule has 0 aliphatic heterocycles. The van der Waals surface area contributed by atoms with Gasteiger partial charge in [0, 0.05) is 12.2 Å². The molecule has 116 valence electrons. The van der Waals surface area contributed by atoms with Crippen LogP contribution in [-0.2, 0) is 4.79 Å². The summed E-state index contributed by atoms with van der Waals surface area (Å²) in [6.45, 7) is 1.53. The quantitative estimate of drug-likeness (QED) is 0.892. The van der Waals surface area contributed by atoms with Crippen LogP contribution in [0.4, 0.5) is 0 Å². The number of hydrogen-bond donors (Lipinski definition) is 2. The van der Waals surface area contributed by atoms with Gasteiger partial charge in [0.05, 0.1) is 11.8 Å². The Hall–Kier alpha value is -1.85. The van der Waals surface area contributed by atoms with Crippen LogP contribution in [0.2, 0.25) is 0 Å². The maximum Gasteiger partial charge on any atom is 0.328 e. The van der Waals surface area contributed by atoms with E-state index in [-0.39, 0.29) is 11.9 Å². The number of rotatable bonds is 4. The van der Waals surface area contributed by atoms with E-state index in [1.54, 1.807) is 0 Å². The van der Waals surface area contributed by atoms with Crippen LogP contribution in [-0.4, -0.2) is 32.8 Å². The summed E-state index contributed by atoms with van der Waals surface area (Å²) >= 11 is 0. The Labute approximate surface area is 124 Å². The first-order chi connectivity index (χ1) is 10.1. The minimum Gasteiger partial charge on any atom is -0.480 e. The predicted octanol–water partition coefficient (Wildman–Crippen LogP) is 2.37. The Balaban J connectivity index is 1.94. The molecule has 1 amide bonds. The van der Waals surface area contributed by atoms with Crippen molar-refractivity contribution in [3.8, 4) is 0 Å². The van der Waals surface area contributed by atoms with E-state index in [0.29, 0.717) is 5.56 Å². The lowest BCUT2D eigenvalue weighted by Gasteiger charge is -2.20. The molecule has 6 heteroatoms. The molecule has 0 spiro atoms. The van der Waals surface area contributed by atoms with Gasteiger partial charge < -0.3 is 10.4 Å². The number of nitrogens with zero attached hydrogens (tertiary/aromatic N) is 2. The first kappa shape index (κ1) is 15.5. The third kappa shape index (κ3) is 4.31. The maximum absolute atomic E-state index is 12.2. The summed E-state index contributed by atoms with van der Waals surface area (Å²) in [5.74, 6) is -1.13. The number of amides is 1. The summed E-state index contributed by atoms with van der Waals surface area (Å²) in [6, 6.07) is -0.550. The van der Waals surface area contributed by atoms with E-state index in [2.05, 4.69) is 10.4 Å². The van der Waals surface area contributed by atoms with E-state index in [0.717, 1.165) is 25.7 Å². The Kier molecular flexibility index (Phi) is 5.36. The minimum absolute atomic E-state index is 0.163. The largest absolute Gasteiger partial charge is 0.480 e. The Morgan fingerprint density at radius 2 is 1.90 bits per heavy atom. The number of aromatic nitrogens is 2. The number of carbonyl (C=O) groups excluding carboxylic acids is 1. The van der Waals surface area contributed by atoms with Gasteiger partial charge in [-0.25, -0.2) is 4.79 Å². The highest BCUT2D eigenvalue weighted by molar-refractivity contribution is 5.94. The Morgan fingerprint density at radius 1 is 1.29 bits per heavy atom. The topological polar surface area (TPSA) is 84.2 Å². The van der Waals surface area contributed by atoms with Crippen molar-refractivity contribution in [3.05, 3.63) is 18.0 Å². The fraction of sp³-hybridized carbons (Fsp3) is 0.667. The lowest BCUT2D eigenvalue weighted by atomic mass is 9.96. The van der Waals surface area contributed by atoms with Crippen molar-refractivity contribution in [2.75, 3.05) is 0 Å². The monoisotopic (exact) mass is 293 g/mol. The van der Waals surface area contributed by atoms with Crippen molar-refractivity contribution in [1.82, 2.24) is 15.1 Å². The molecule has 6 nitrogen and oxygen atoms in total. The number of aliphatic carboxylic acids is 1. The van der Waals surface area contributed by atoms with Crippen LogP contribution in [0.25, 0.3) is 0 Å². The lowest BCUT2D eigenvalue weighted by molar-refractivity contribution is -0.140. The number of hydrogen-bond acceptors (Lipinski definition) is 3. The molecule has 21 heavy (non-hydrogen) atoms. The molecule has 1 saturated carbocycles. The number of carboxylic acid groups (broad SMARTS) is 1. The highest BCUT2D eigenvalue weighted by atomic mass is 16.4. The molecular formula is C15H23N3O3. The summed E-state index contributed by atoms with van der Waals surface area (Å²) < 4.78 is 1.30. The third-order valence-corrected chi connectivity index (χ3v) is 4.06. The van der Waals surface area contributed by atoms with Crippen LogP contribution in [0.15, 0.2) is 12.4 Å². The number of carboxylic acids is 1. The van der Waals surface area contributed by atoms with Crippen LogP contribution in [0.5, 0.6) is 0 Å². The third-order valence-electron chi connectivity index (χ3n) is 4.06. The van der Waals surface area contributed by atoms with Crippen molar-refractivity contribution >= 4 is 11.9 Å². The smallest absolute Gasteiger partial charge is 0.328 e. The molecular weight excluding hydrogens is 270 g/mol. The first-order valence-corrected chi connectivity index (χ1v) is 7.65. The Bertz CT molecular complexity index is 490. The SMILES string of the molecule is CC(C(=O)O)n1cc(C(=O)NC2CCCCCCC2)cn1. The molecule has 0 radical (unpaired) electrons. The van der Waals surface area contributed by atoms with Crippen LogP contribution < -0.4 is 5.32 Å². The molecule has 1 atom stereocenters. The molecule has 2 N–H and O–H groups in total. The van der Waals surface area contributed by atoms with Gasteiger partial charge >= 0.3 is 5.97 Å². The zero-order valence-corrected chi connectivity index (χ0v) is 12.4. The summed E-state index contributed by atoms with van der Waals surface area (Å²) in [5, 5.41) is 15.9. The number of carbonyl (C=O) groups is 2. The number of nitrogens with one attached hydrogen (secondary N) is 1. The fourth-order valence-corrected chi connectivity index (χ4v) is 2.65. The van der Waals surface area contributed by atoms with Gasteiger partial charge in [-0.15, -0.1) is 0 Å². The van der Waals surface area contributed by atoms with E-state index in [1.807, 2.05) is 0 Å². The molecule has 1 fully saturated rings. The summed E-state index contributed by atoms with van der Waals surface area (Å²) in [6.07, 6.45) is 11.0. The van der Waals surface area contributed by atoms with Gasteiger partial charge in [0.25, 0.3) is 5.91 Å². The molecule has 1 aliphatic rings. The molecule has 2 rings (SSSR count). The fourth-order valence-electron chi connectivity index (χ4n) is 2.65. The van der Waals surface area contributed by atoms with Gasteiger partial charge in [0.2, 0.25) is 0 Å². The van der Waals surface area contributed by atoms with Crippen LogP contribution in [0, 0.1) is 0 Å². The maximum atomic E-state index is 12.2. The van der Waals surface area contributed by atoms with Gasteiger partial charge in [-0.3, -0.25) is 9.48 Å². The average molecular weight is 293 g/mol. The van der Waals surface area contributed by atoms with Crippen LogP contribution in [0.3, 0.4) is 0 Å². The van der Waals surface area contributed by atoms with Crippen LogP contribution >= 0.6 is 0 Å². The molecule has 1 unspecified atom stereocenters. The zero-order chi connectivity index (χ0) is 15.2. The van der Waals surface area contributed by atoms with Gasteiger partial charge in [-0.1, -0.05) is 32.1 Å². The predicted molar refractivity (Wildman–Crippen MR) is 78.1 cm³/mol. The standard InChI is InChI=1S/C15H23N3O3/c1-11(15(20)21)18-10-12(9-16-18)14(19)17-13-7-5-3-2-4-6-8-13/h9-11,13H,2-8H2,1H3,(H,17,19)(H,20,21). The van der Waals surface area contributed by atoms with Crippen molar-refractivity contribution in [2.45, 2.75) is 64.0 Å². The second-order valence-electron chi connectivity index (χ2n) is 5.74. The van der Waals surface area contributed by atoms with Crippen molar-refractivity contribution in [1.29, 1.82) is 0 Å². The van der Waals surface area contributed by atoms with Gasteiger partial charge in [-0.2, -0.15) is 5.10 Å². The van der Waals surface area contributed by atoms with E-state index in [1.165, 1.54) is 43.3 Å². The van der Waals surface area contributed by atoms with Crippen molar-refractivity contribution < 1.29 is 14.7 Å². The second-order valence-corrected chi connectivity index (χ2v) is 5.74. The summed E-state index contributed by atoms with van der Waals surface area (Å²) in [7, 11) is 0. The van der Waals surface area contributed by atoms with Gasteiger partial charge in [0.1, 0.15) is 6.04 Å². The van der Waals surface area contributed by atoms with E-state index < -0.39 is 12.0 Å².